The molecule has 3 aromatic rings. The summed E-state index contributed by atoms with van der Waals surface area (Å²) in [6.45, 7) is 5.94. The summed E-state index contributed by atoms with van der Waals surface area (Å²) in [4.78, 5) is 35.8. The number of amides is 2. The Morgan fingerprint density at radius 2 is 1.76 bits per heavy atom. The quantitative estimate of drug-likeness (QED) is 0.284. The van der Waals surface area contributed by atoms with Gasteiger partial charge in [0.1, 0.15) is 0 Å². The number of carboxylic acid groups (broad SMARTS) is 1. The van der Waals surface area contributed by atoms with Crippen LogP contribution in [0.25, 0.3) is 0 Å². The van der Waals surface area contributed by atoms with Crippen molar-refractivity contribution >= 4 is 46.8 Å². The first-order chi connectivity index (χ1) is 16.3. The third kappa shape index (κ3) is 6.46. The third-order valence-electron chi connectivity index (χ3n) is 4.65. The molecular formula is C23H22ClN5O4S. The normalized spacial score (nSPS) is 11.5. The van der Waals surface area contributed by atoms with Crippen molar-refractivity contribution in [2.45, 2.75) is 24.7 Å². The van der Waals surface area contributed by atoms with Gasteiger partial charge in [0.2, 0.25) is 5.91 Å². The van der Waals surface area contributed by atoms with E-state index in [2.05, 4.69) is 27.4 Å². The SMILES string of the molecule is C=CCn1c(SCC(=O)Nc2ccc(C(=O)O)cc2)nnc1[C@@H](C)NC(=O)c1ccc(Cl)cc1. The van der Waals surface area contributed by atoms with E-state index in [0.717, 1.165) is 0 Å². The summed E-state index contributed by atoms with van der Waals surface area (Å²) in [6.07, 6.45) is 1.68. The fourth-order valence-electron chi connectivity index (χ4n) is 3.00. The molecule has 0 aliphatic carbocycles. The summed E-state index contributed by atoms with van der Waals surface area (Å²) < 4.78 is 1.78. The maximum absolute atomic E-state index is 12.5. The lowest BCUT2D eigenvalue weighted by atomic mass is 10.2. The van der Waals surface area contributed by atoms with E-state index in [1.54, 1.807) is 41.8 Å². The Morgan fingerprint density at radius 1 is 1.12 bits per heavy atom. The number of carbonyl (C=O) groups excluding carboxylic acids is 2. The van der Waals surface area contributed by atoms with Crippen LogP contribution in [0.2, 0.25) is 5.02 Å². The molecule has 0 aliphatic rings. The number of rotatable bonds is 10. The van der Waals surface area contributed by atoms with Crippen LogP contribution in [-0.2, 0) is 11.3 Å². The van der Waals surface area contributed by atoms with E-state index in [0.29, 0.717) is 33.8 Å². The number of anilines is 1. The molecule has 3 rings (SSSR count). The first-order valence-electron chi connectivity index (χ1n) is 10.1. The van der Waals surface area contributed by atoms with E-state index < -0.39 is 12.0 Å². The number of halogens is 1. The van der Waals surface area contributed by atoms with E-state index >= 15 is 0 Å². The molecule has 176 valence electrons. The minimum Gasteiger partial charge on any atom is -0.478 e. The number of nitrogens with one attached hydrogen (secondary N) is 2. The second-order valence-electron chi connectivity index (χ2n) is 7.16. The Labute approximate surface area is 205 Å². The van der Waals surface area contributed by atoms with Gasteiger partial charge in [0, 0.05) is 22.8 Å². The second kappa shape index (κ2) is 11.5. The smallest absolute Gasteiger partial charge is 0.335 e. The minimum absolute atomic E-state index is 0.0570. The fraction of sp³-hybridized carbons (Fsp3) is 0.174. The second-order valence-corrected chi connectivity index (χ2v) is 8.54. The lowest BCUT2D eigenvalue weighted by molar-refractivity contribution is -0.113. The zero-order chi connectivity index (χ0) is 24.7. The van der Waals surface area contributed by atoms with Crippen molar-refractivity contribution in [3.05, 3.63) is 83.2 Å². The highest BCUT2D eigenvalue weighted by molar-refractivity contribution is 7.99. The van der Waals surface area contributed by atoms with Gasteiger partial charge >= 0.3 is 5.97 Å². The molecule has 2 aromatic carbocycles. The molecule has 0 saturated heterocycles. The third-order valence-corrected chi connectivity index (χ3v) is 5.87. The number of nitrogens with zero attached hydrogens (tertiary/aromatic N) is 3. The average Bonchev–Trinajstić information content (AvgIpc) is 3.21. The molecule has 0 radical (unpaired) electrons. The van der Waals surface area contributed by atoms with E-state index in [-0.39, 0.29) is 23.1 Å². The Bertz CT molecular complexity index is 1200. The summed E-state index contributed by atoms with van der Waals surface area (Å²) in [6, 6.07) is 12.0. The van der Waals surface area contributed by atoms with Crippen LogP contribution in [0.15, 0.2) is 66.3 Å². The van der Waals surface area contributed by atoms with Crippen LogP contribution in [0, 0.1) is 0 Å². The van der Waals surface area contributed by atoms with Gasteiger partial charge in [-0.25, -0.2) is 4.79 Å². The van der Waals surface area contributed by atoms with Gasteiger partial charge in [-0.2, -0.15) is 0 Å². The van der Waals surface area contributed by atoms with E-state index in [1.165, 1.54) is 36.0 Å². The Hall–Kier alpha value is -3.63. The van der Waals surface area contributed by atoms with Gasteiger partial charge in [0.05, 0.1) is 17.4 Å². The average molecular weight is 500 g/mol. The molecule has 0 spiro atoms. The molecule has 2 amide bonds. The lowest BCUT2D eigenvalue weighted by Crippen LogP contribution is -2.28. The molecule has 1 atom stereocenters. The summed E-state index contributed by atoms with van der Waals surface area (Å²) in [7, 11) is 0. The molecule has 9 nitrogen and oxygen atoms in total. The Morgan fingerprint density at radius 3 is 2.38 bits per heavy atom. The molecular weight excluding hydrogens is 478 g/mol. The van der Waals surface area contributed by atoms with Crippen molar-refractivity contribution in [1.29, 1.82) is 0 Å². The van der Waals surface area contributed by atoms with Gasteiger partial charge in [-0.1, -0.05) is 29.4 Å². The molecule has 34 heavy (non-hydrogen) atoms. The van der Waals surface area contributed by atoms with Gasteiger partial charge in [-0.05, 0) is 55.5 Å². The number of hydrogen-bond donors (Lipinski definition) is 3. The van der Waals surface area contributed by atoms with Crippen molar-refractivity contribution in [2.24, 2.45) is 0 Å². The fourth-order valence-corrected chi connectivity index (χ4v) is 3.88. The first kappa shape index (κ1) is 25.0. The molecule has 1 aromatic heterocycles. The van der Waals surface area contributed by atoms with Crippen molar-refractivity contribution in [1.82, 2.24) is 20.1 Å². The largest absolute Gasteiger partial charge is 0.478 e. The van der Waals surface area contributed by atoms with Crippen LogP contribution in [0.1, 0.15) is 39.5 Å². The van der Waals surface area contributed by atoms with E-state index in [9.17, 15) is 14.4 Å². The molecule has 0 bridgehead atoms. The van der Waals surface area contributed by atoms with Crippen molar-refractivity contribution in [2.75, 3.05) is 11.1 Å². The zero-order valence-corrected chi connectivity index (χ0v) is 19.8. The van der Waals surface area contributed by atoms with Crippen LogP contribution >= 0.6 is 23.4 Å². The van der Waals surface area contributed by atoms with Crippen LogP contribution in [0.4, 0.5) is 5.69 Å². The topological polar surface area (TPSA) is 126 Å². The first-order valence-corrected chi connectivity index (χ1v) is 11.5. The number of aromatic nitrogens is 3. The van der Waals surface area contributed by atoms with Crippen molar-refractivity contribution in [3.8, 4) is 0 Å². The highest BCUT2D eigenvalue weighted by Crippen LogP contribution is 2.22. The van der Waals surface area contributed by atoms with Gasteiger partial charge in [-0.15, -0.1) is 16.8 Å². The van der Waals surface area contributed by atoms with Gasteiger partial charge in [-0.3, -0.25) is 9.59 Å². The van der Waals surface area contributed by atoms with Gasteiger partial charge < -0.3 is 20.3 Å². The number of thioether (sulfide) groups is 1. The monoisotopic (exact) mass is 499 g/mol. The molecule has 1 heterocycles. The predicted octanol–water partition coefficient (Wildman–Crippen LogP) is 4.04. The van der Waals surface area contributed by atoms with Gasteiger partial charge in [0.25, 0.3) is 5.91 Å². The molecule has 0 aliphatic heterocycles. The predicted molar refractivity (Wildman–Crippen MR) is 130 cm³/mol. The van der Waals surface area contributed by atoms with E-state index in [1.807, 2.05) is 0 Å². The lowest BCUT2D eigenvalue weighted by Gasteiger charge is -2.15. The molecule has 0 fully saturated rings. The highest BCUT2D eigenvalue weighted by atomic mass is 35.5. The van der Waals surface area contributed by atoms with Crippen LogP contribution in [-0.4, -0.2) is 43.4 Å². The summed E-state index contributed by atoms with van der Waals surface area (Å²) in [5, 5.41) is 24.0. The van der Waals surface area contributed by atoms with Crippen molar-refractivity contribution < 1.29 is 19.5 Å². The Balaban J connectivity index is 1.63. The molecule has 0 unspecified atom stereocenters. The number of benzene rings is 2. The van der Waals surface area contributed by atoms with Gasteiger partial charge in [0.15, 0.2) is 11.0 Å². The molecule has 0 saturated carbocycles. The van der Waals surface area contributed by atoms with Crippen LogP contribution in [0.5, 0.6) is 0 Å². The summed E-state index contributed by atoms with van der Waals surface area (Å²) in [5.41, 5.74) is 1.09. The maximum atomic E-state index is 12.5. The van der Waals surface area contributed by atoms with Crippen LogP contribution in [0.3, 0.4) is 0 Å². The number of hydrogen-bond acceptors (Lipinski definition) is 6. The Kier molecular flexibility index (Phi) is 8.44. The number of carbonyl (C=O) groups is 3. The molecule has 11 heteroatoms. The summed E-state index contributed by atoms with van der Waals surface area (Å²) >= 11 is 7.06. The zero-order valence-electron chi connectivity index (χ0n) is 18.2. The number of allylic oxidation sites excluding steroid dienone is 1. The number of aromatic carboxylic acids is 1. The maximum Gasteiger partial charge on any atom is 0.335 e. The highest BCUT2D eigenvalue weighted by Gasteiger charge is 2.20. The van der Waals surface area contributed by atoms with Crippen LogP contribution < -0.4 is 10.6 Å². The molecule has 3 N–H and O–H groups in total. The minimum atomic E-state index is -1.04. The summed E-state index contributed by atoms with van der Waals surface area (Å²) in [5.74, 6) is -1.02. The van der Waals surface area contributed by atoms with Crippen molar-refractivity contribution in [3.63, 3.8) is 0 Å². The van der Waals surface area contributed by atoms with E-state index in [4.69, 9.17) is 16.7 Å². The number of carboxylic acids is 1. The standard InChI is InChI=1S/C23H22ClN5O4S/c1-3-12-29-20(14(2)25-21(31)15-4-8-17(24)9-5-15)27-28-23(29)34-13-19(30)26-18-10-6-16(7-11-18)22(32)33/h3-11,14H,1,12-13H2,2H3,(H,25,31)(H,26,30)(H,32,33)/t14-/m1/s1.